The monoisotopic (exact) mass is 410 g/mol. The van der Waals surface area contributed by atoms with Crippen molar-refractivity contribution in [2.45, 2.75) is 92.1 Å². The summed E-state index contributed by atoms with van der Waals surface area (Å²) in [6.45, 7) is 16.5. The van der Waals surface area contributed by atoms with E-state index in [1.54, 1.807) is 0 Å². The quantitative estimate of drug-likeness (QED) is 0.422. The van der Waals surface area contributed by atoms with E-state index in [2.05, 4.69) is 53.3 Å². The van der Waals surface area contributed by atoms with Gasteiger partial charge in [0.15, 0.2) is 0 Å². The SMILES string of the molecule is C=C(C)[C@@H](C)C=C[C@@H](C)[C@H]1CC[C@H]2[C@@H]3C[C@@H](OC)[C@]45C[C@H]4CC[C@]5(C)[C@H]3CC[C@]12C. The Morgan fingerprint density at radius 3 is 2.47 bits per heavy atom. The van der Waals surface area contributed by atoms with Gasteiger partial charge in [0.2, 0.25) is 0 Å². The molecule has 0 aromatic rings. The number of rotatable bonds is 5. The molecule has 5 aliphatic carbocycles. The van der Waals surface area contributed by atoms with Gasteiger partial charge in [-0.05, 0) is 111 Å². The minimum Gasteiger partial charge on any atom is -0.381 e. The number of ether oxygens (including phenoxy) is 1. The first-order valence-electron chi connectivity index (χ1n) is 13.1. The minimum absolute atomic E-state index is 0.499. The molecule has 0 aliphatic heterocycles. The van der Waals surface area contributed by atoms with Crippen molar-refractivity contribution in [3.8, 4) is 0 Å². The Balaban J connectivity index is 1.39. The third kappa shape index (κ3) is 2.63. The van der Waals surface area contributed by atoms with Crippen LogP contribution in [-0.4, -0.2) is 13.2 Å². The molecule has 168 valence electrons. The first-order valence-corrected chi connectivity index (χ1v) is 13.1. The highest BCUT2D eigenvalue weighted by Gasteiger charge is 2.77. The van der Waals surface area contributed by atoms with Crippen molar-refractivity contribution < 1.29 is 4.74 Å². The molecule has 0 saturated heterocycles. The van der Waals surface area contributed by atoms with Gasteiger partial charge in [0, 0.05) is 12.5 Å². The van der Waals surface area contributed by atoms with E-state index < -0.39 is 0 Å². The molecule has 5 rings (SSSR count). The van der Waals surface area contributed by atoms with E-state index in [1.165, 1.54) is 56.9 Å². The van der Waals surface area contributed by atoms with E-state index in [9.17, 15) is 0 Å². The molecule has 0 aromatic carbocycles. The van der Waals surface area contributed by atoms with Gasteiger partial charge >= 0.3 is 0 Å². The number of hydrogen-bond acceptors (Lipinski definition) is 1. The average Bonchev–Trinajstić information content (AvgIpc) is 3.22. The zero-order valence-corrected chi connectivity index (χ0v) is 20.5. The van der Waals surface area contributed by atoms with Gasteiger partial charge in [-0.3, -0.25) is 0 Å². The van der Waals surface area contributed by atoms with Crippen LogP contribution in [0, 0.1) is 57.7 Å². The Labute approximate surface area is 186 Å². The maximum Gasteiger partial charge on any atom is 0.0638 e. The fraction of sp³-hybridized carbons (Fsp3) is 0.862. The van der Waals surface area contributed by atoms with Crippen LogP contribution in [0.25, 0.3) is 0 Å². The summed E-state index contributed by atoms with van der Waals surface area (Å²) in [6.07, 6.45) is 17.1. The molecular formula is C29H46O. The van der Waals surface area contributed by atoms with Gasteiger partial charge in [-0.15, -0.1) is 0 Å². The third-order valence-electron chi connectivity index (χ3n) is 12.0. The van der Waals surface area contributed by atoms with Crippen LogP contribution >= 0.6 is 0 Å². The largest absolute Gasteiger partial charge is 0.381 e. The molecule has 1 heteroatoms. The number of allylic oxidation sites excluding steroid dienone is 3. The van der Waals surface area contributed by atoms with Gasteiger partial charge in [0.1, 0.15) is 0 Å². The van der Waals surface area contributed by atoms with Crippen LogP contribution in [0.15, 0.2) is 24.3 Å². The van der Waals surface area contributed by atoms with Crippen molar-refractivity contribution in [3.05, 3.63) is 24.3 Å². The highest BCUT2D eigenvalue weighted by molar-refractivity contribution is 5.26. The standard InChI is InChI=1S/C29H46O/c1-18(2)19(3)8-9-20(4)23-10-11-24-22-16-26(30-7)29-17-21(29)12-15-28(29,6)25(22)13-14-27(23,24)5/h8-9,19-26H,1,10-17H2,2-7H3/t19-,20+,21+,22-,23+,24-,25-,26+,27+,28+,29-/m0/s1. The second-order valence-electron chi connectivity index (χ2n) is 12.8. The predicted octanol–water partition coefficient (Wildman–Crippen LogP) is 7.67. The Morgan fingerprint density at radius 1 is 1.03 bits per heavy atom. The van der Waals surface area contributed by atoms with E-state index in [4.69, 9.17) is 4.74 Å². The summed E-state index contributed by atoms with van der Waals surface area (Å²) in [7, 11) is 2.02. The molecule has 5 aliphatic rings. The molecule has 5 fully saturated rings. The molecule has 0 heterocycles. The van der Waals surface area contributed by atoms with E-state index in [1.807, 2.05) is 7.11 Å². The Hall–Kier alpha value is -0.560. The minimum atomic E-state index is 0.499. The van der Waals surface area contributed by atoms with E-state index in [0.29, 0.717) is 34.2 Å². The first kappa shape index (κ1) is 21.3. The summed E-state index contributed by atoms with van der Waals surface area (Å²) in [5.74, 6) is 5.79. The van der Waals surface area contributed by atoms with Gasteiger partial charge < -0.3 is 4.74 Å². The number of fused-ring (bicyclic) bond motifs is 4. The summed E-state index contributed by atoms with van der Waals surface area (Å²) >= 11 is 0. The first-order chi connectivity index (χ1) is 14.2. The molecule has 5 saturated carbocycles. The Kier molecular flexibility index (Phi) is 4.95. The lowest BCUT2D eigenvalue weighted by Crippen LogP contribution is -2.57. The van der Waals surface area contributed by atoms with Crippen LogP contribution < -0.4 is 0 Å². The topological polar surface area (TPSA) is 9.23 Å². The van der Waals surface area contributed by atoms with E-state index >= 15 is 0 Å². The van der Waals surface area contributed by atoms with Crippen LogP contribution in [-0.2, 0) is 4.74 Å². The summed E-state index contributed by atoms with van der Waals surface area (Å²) in [4.78, 5) is 0. The molecule has 0 amide bonds. The zero-order chi connectivity index (χ0) is 21.5. The van der Waals surface area contributed by atoms with Crippen LogP contribution in [0.1, 0.15) is 86.0 Å². The second kappa shape index (κ2) is 6.97. The van der Waals surface area contributed by atoms with Gasteiger partial charge in [0.25, 0.3) is 0 Å². The summed E-state index contributed by atoms with van der Waals surface area (Å²) in [5.41, 5.74) is 2.92. The molecule has 1 spiro atoms. The maximum absolute atomic E-state index is 6.29. The molecule has 0 radical (unpaired) electrons. The third-order valence-corrected chi connectivity index (χ3v) is 12.0. The van der Waals surface area contributed by atoms with Crippen molar-refractivity contribution in [1.82, 2.24) is 0 Å². The van der Waals surface area contributed by atoms with Gasteiger partial charge in [-0.25, -0.2) is 0 Å². The Morgan fingerprint density at radius 2 is 1.80 bits per heavy atom. The highest BCUT2D eigenvalue weighted by atomic mass is 16.5. The Bertz CT molecular complexity index is 737. The second-order valence-corrected chi connectivity index (χ2v) is 12.8. The summed E-state index contributed by atoms with van der Waals surface area (Å²) in [6, 6.07) is 0. The van der Waals surface area contributed by atoms with Crippen molar-refractivity contribution in [1.29, 1.82) is 0 Å². The average molecular weight is 411 g/mol. The predicted molar refractivity (Wildman–Crippen MR) is 126 cm³/mol. The molecule has 0 unspecified atom stereocenters. The smallest absolute Gasteiger partial charge is 0.0638 e. The van der Waals surface area contributed by atoms with Crippen LogP contribution in [0.4, 0.5) is 0 Å². The molecular weight excluding hydrogens is 364 g/mol. The molecule has 0 aromatic heterocycles. The fourth-order valence-corrected chi connectivity index (χ4v) is 10.1. The number of hydrogen-bond donors (Lipinski definition) is 0. The molecule has 0 bridgehead atoms. The van der Waals surface area contributed by atoms with Gasteiger partial charge in [0.05, 0.1) is 6.10 Å². The van der Waals surface area contributed by atoms with Crippen LogP contribution in [0.2, 0.25) is 0 Å². The lowest BCUT2D eigenvalue weighted by atomic mass is 9.45. The van der Waals surface area contributed by atoms with E-state index in [0.717, 1.165) is 29.6 Å². The van der Waals surface area contributed by atoms with E-state index in [-0.39, 0.29) is 0 Å². The normalized spacial score (nSPS) is 53.5. The van der Waals surface area contributed by atoms with Gasteiger partial charge in [-0.1, -0.05) is 52.0 Å². The number of methoxy groups -OCH3 is 1. The van der Waals surface area contributed by atoms with Crippen molar-refractivity contribution in [2.75, 3.05) is 7.11 Å². The van der Waals surface area contributed by atoms with Crippen molar-refractivity contribution in [2.24, 2.45) is 57.7 Å². The molecule has 11 atom stereocenters. The maximum atomic E-state index is 6.29. The lowest BCUT2D eigenvalue weighted by Gasteiger charge is -2.61. The zero-order valence-electron chi connectivity index (χ0n) is 20.5. The summed E-state index contributed by atoms with van der Waals surface area (Å²) < 4.78 is 6.29. The fourth-order valence-electron chi connectivity index (χ4n) is 10.1. The molecule has 30 heavy (non-hydrogen) atoms. The molecule has 0 N–H and O–H groups in total. The lowest BCUT2D eigenvalue weighted by molar-refractivity contribution is -0.160. The summed E-state index contributed by atoms with van der Waals surface area (Å²) in [5, 5.41) is 0. The highest BCUT2D eigenvalue weighted by Crippen LogP contribution is 2.82. The van der Waals surface area contributed by atoms with Crippen molar-refractivity contribution >= 4 is 0 Å². The van der Waals surface area contributed by atoms with Gasteiger partial charge in [-0.2, -0.15) is 0 Å². The van der Waals surface area contributed by atoms with Crippen LogP contribution in [0.3, 0.4) is 0 Å². The molecule has 1 nitrogen and oxygen atoms in total. The van der Waals surface area contributed by atoms with Crippen molar-refractivity contribution in [3.63, 3.8) is 0 Å². The van der Waals surface area contributed by atoms with Crippen LogP contribution in [0.5, 0.6) is 0 Å².